The van der Waals surface area contributed by atoms with E-state index < -0.39 is 0 Å². The molecule has 2 heteroatoms. The Morgan fingerprint density at radius 2 is 2.57 bits per heavy atom. The first-order valence-electron chi connectivity index (χ1n) is 2.36. The van der Waals surface area contributed by atoms with E-state index in [2.05, 4.69) is 11.2 Å². The first-order valence-corrected chi connectivity index (χ1v) is 2.36. The molecule has 1 aliphatic rings. The average Bonchev–Trinajstić information content (AvgIpc) is 1.69. The molecule has 7 heavy (non-hydrogen) atoms. The van der Waals surface area contributed by atoms with Crippen molar-refractivity contribution >= 4 is 12.1 Å². The van der Waals surface area contributed by atoms with Gasteiger partial charge in [-0.25, -0.2) is 4.99 Å². The summed E-state index contributed by atoms with van der Waals surface area (Å²) in [5.41, 5.74) is 0. The van der Waals surface area contributed by atoms with Crippen molar-refractivity contribution in [1.29, 1.82) is 0 Å². The Bertz CT molecular complexity index is 107. The molecule has 0 unspecified atom stereocenters. The summed E-state index contributed by atoms with van der Waals surface area (Å²) in [5, 5.41) is 0. The molecule has 0 atom stereocenters. The molecule has 1 rings (SSSR count). The number of hydrogen-bond donors (Lipinski definition) is 0. The lowest BCUT2D eigenvalue weighted by molar-refractivity contribution is -0.118. The van der Waals surface area contributed by atoms with Crippen LogP contribution in [0.15, 0.2) is 4.99 Å². The largest absolute Gasteiger partial charge is 0.273 e. The van der Waals surface area contributed by atoms with Gasteiger partial charge in [-0.15, -0.1) is 0 Å². The highest BCUT2D eigenvalue weighted by Gasteiger charge is 2.00. The molecule has 0 aromatic carbocycles. The molecule has 0 aliphatic carbocycles. The number of carbonyl (C=O) groups excluding carboxylic acids is 1. The fraction of sp³-hybridized carbons (Fsp3) is 0.600. The van der Waals surface area contributed by atoms with Crippen LogP contribution >= 0.6 is 0 Å². The highest BCUT2D eigenvalue weighted by atomic mass is 16.1. The van der Waals surface area contributed by atoms with Crippen LogP contribution in [0, 0.1) is 0 Å². The standard InChI is InChI=1S/C5H6NO/c7-5-3-1-2-4-6-5/h1-3H2. The number of amides is 1. The predicted molar refractivity (Wildman–Crippen MR) is 26.3 cm³/mol. The van der Waals surface area contributed by atoms with Gasteiger partial charge in [0.25, 0.3) is 0 Å². The normalized spacial score (nSPS) is 20.3. The van der Waals surface area contributed by atoms with E-state index in [9.17, 15) is 4.79 Å². The Morgan fingerprint density at radius 3 is 2.86 bits per heavy atom. The van der Waals surface area contributed by atoms with E-state index in [-0.39, 0.29) is 5.91 Å². The molecule has 0 saturated heterocycles. The molecule has 0 fully saturated rings. The highest BCUT2D eigenvalue weighted by Crippen LogP contribution is 2.00. The third-order valence-corrected chi connectivity index (χ3v) is 0.883. The zero-order valence-corrected chi connectivity index (χ0v) is 3.98. The Kier molecular flexibility index (Phi) is 1.20. The summed E-state index contributed by atoms with van der Waals surface area (Å²) in [6, 6.07) is 0. The second-order valence-corrected chi connectivity index (χ2v) is 1.52. The predicted octanol–water partition coefficient (Wildman–Crippen LogP) is 0.645. The minimum atomic E-state index is -0.0220. The van der Waals surface area contributed by atoms with Crippen LogP contribution in [-0.4, -0.2) is 12.1 Å². The number of rotatable bonds is 0. The highest BCUT2D eigenvalue weighted by molar-refractivity contribution is 5.86. The monoisotopic (exact) mass is 96.0 g/mol. The van der Waals surface area contributed by atoms with Crippen LogP contribution < -0.4 is 0 Å². The molecule has 1 heterocycles. The summed E-state index contributed by atoms with van der Waals surface area (Å²) in [5.74, 6) is -0.0220. The van der Waals surface area contributed by atoms with Gasteiger partial charge in [0.15, 0.2) is 0 Å². The maximum Gasteiger partial charge on any atom is 0.245 e. The molecule has 0 bridgehead atoms. The molecule has 37 valence electrons. The Hall–Kier alpha value is -0.660. The van der Waals surface area contributed by atoms with Crippen molar-refractivity contribution < 1.29 is 4.79 Å². The van der Waals surface area contributed by atoms with Crippen molar-refractivity contribution in [2.24, 2.45) is 4.99 Å². The van der Waals surface area contributed by atoms with Crippen molar-refractivity contribution in [3.63, 3.8) is 0 Å². The smallest absolute Gasteiger partial charge is 0.245 e. The van der Waals surface area contributed by atoms with Crippen LogP contribution in [0.5, 0.6) is 0 Å². The van der Waals surface area contributed by atoms with Gasteiger partial charge in [0.1, 0.15) is 0 Å². The van der Waals surface area contributed by atoms with Crippen LogP contribution in [0.1, 0.15) is 19.3 Å². The van der Waals surface area contributed by atoms with Crippen molar-refractivity contribution in [2.45, 2.75) is 19.3 Å². The van der Waals surface area contributed by atoms with Gasteiger partial charge in [-0.1, -0.05) is 0 Å². The van der Waals surface area contributed by atoms with Crippen molar-refractivity contribution in [2.75, 3.05) is 0 Å². The summed E-state index contributed by atoms with van der Waals surface area (Å²) < 4.78 is 0. The second-order valence-electron chi connectivity index (χ2n) is 1.52. The maximum atomic E-state index is 10.2. The van der Waals surface area contributed by atoms with Crippen molar-refractivity contribution in [1.82, 2.24) is 0 Å². The lowest BCUT2D eigenvalue weighted by Crippen LogP contribution is -1.98. The summed E-state index contributed by atoms with van der Waals surface area (Å²) in [7, 11) is 0. The van der Waals surface area contributed by atoms with Gasteiger partial charge < -0.3 is 0 Å². The third-order valence-electron chi connectivity index (χ3n) is 0.883. The molecule has 1 amide bonds. The average molecular weight is 96.1 g/mol. The van der Waals surface area contributed by atoms with Gasteiger partial charge in [-0.3, -0.25) is 4.79 Å². The van der Waals surface area contributed by atoms with E-state index in [1.54, 1.807) is 0 Å². The van der Waals surface area contributed by atoms with Gasteiger partial charge in [0.05, 0.1) is 6.21 Å². The molecule has 1 aliphatic heterocycles. The van der Waals surface area contributed by atoms with E-state index in [1.165, 1.54) is 0 Å². The Morgan fingerprint density at radius 1 is 1.71 bits per heavy atom. The van der Waals surface area contributed by atoms with Gasteiger partial charge in [0.2, 0.25) is 5.91 Å². The molecule has 0 spiro atoms. The number of aliphatic imine (C=N–C) groups is 1. The zero-order chi connectivity index (χ0) is 5.11. The van der Waals surface area contributed by atoms with E-state index >= 15 is 0 Å². The molecule has 1 radical (unpaired) electrons. The lowest BCUT2D eigenvalue weighted by atomic mass is 10.2. The molecule has 0 aromatic rings. The van der Waals surface area contributed by atoms with Gasteiger partial charge >= 0.3 is 0 Å². The molecule has 2 nitrogen and oxygen atoms in total. The molecular weight excluding hydrogens is 90.1 g/mol. The van der Waals surface area contributed by atoms with Crippen LogP contribution in [0.25, 0.3) is 0 Å². The van der Waals surface area contributed by atoms with E-state index in [1.807, 2.05) is 0 Å². The summed E-state index contributed by atoms with van der Waals surface area (Å²) in [4.78, 5) is 13.7. The zero-order valence-electron chi connectivity index (χ0n) is 3.98. The van der Waals surface area contributed by atoms with E-state index in [0.29, 0.717) is 6.42 Å². The van der Waals surface area contributed by atoms with Crippen LogP contribution in [0.3, 0.4) is 0 Å². The SMILES string of the molecule is O=C1CCC[C]=N1. The van der Waals surface area contributed by atoms with Crippen LogP contribution in [0.2, 0.25) is 0 Å². The van der Waals surface area contributed by atoms with E-state index in [4.69, 9.17) is 0 Å². The maximum absolute atomic E-state index is 10.2. The number of carbonyl (C=O) groups is 1. The minimum absolute atomic E-state index is 0.0220. The quantitative estimate of drug-likeness (QED) is 0.435. The Balaban J connectivity index is 2.51. The fourth-order valence-corrected chi connectivity index (χ4v) is 0.519. The van der Waals surface area contributed by atoms with Gasteiger partial charge in [0, 0.05) is 6.42 Å². The molecule has 0 saturated carbocycles. The summed E-state index contributed by atoms with van der Waals surface area (Å²) in [6.07, 6.45) is 5.01. The topological polar surface area (TPSA) is 29.4 Å². The summed E-state index contributed by atoms with van der Waals surface area (Å²) in [6.45, 7) is 0. The lowest BCUT2D eigenvalue weighted by Gasteiger charge is -1.95. The van der Waals surface area contributed by atoms with Crippen LogP contribution in [-0.2, 0) is 4.79 Å². The van der Waals surface area contributed by atoms with Crippen molar-refractivity contribution in [3.05, 3.63) is 0 Å². The molecular formula is C5H6NO. The van der Waals surface area contributed by atoms with Crippen LogP contribution in [0.4, 0.5) is 0 Å². The minimum Gasteiger partial charge on any atom is -0.273 e. The second kappa shape index (κ2) is 1.87. The summed E-state index contributed by atoms with van der Waals surface area (Å²) >= 11 is 0. The third kappa shape index (κ3) is 1.11. The fourth-order valence-electron chi connectivity index (χ4n) is 0.519. The van der Waals surface area contributed by atoms with Crippen molar-refractivity contribution in [3.8, 4) is 0 Å². The Labute approximate surface area is 42.3 Å². The molecule has 0 N–H and O–H groups in total. The number of nitrogens with zero attached hydrogens (tertiary/aromatic N) is 1. The van der Waals surface area contributed by atoms with E-state index in [0.717, 1.165) is 12.8 Å². The first-order chi connectivity index (χ1) is 3.39. The molecule has 0 aromatic heterocycles. The van der Waals surface area contributed by atoms with Gasteiger partial charge in [-0.2, -0.15) is 0 Å². The first kappa shape index (κ1) is 4.50. The number of hydrogen-bond acceptors (Lipinski definition) is 1. The van der Waals surface area contributed by atoms with Gasteiger partial charge in [-0.05, 0) is 12.8 Å².